The van der Waals surface area contributed by atoms with Gasteiger partial charge in [0, 0.05) is 17.7 Å². The van der Waals surface area contributed by atoms with Gasteiger partial charge >= 0.3 is 0 Å². The third-order valence-corrected chi connectivity index (χ3v) is 2.88. The summed E-state index contributed by atoms with van der Waals surface area (Å²) in [5.74, 6) is 5.72. The number of unbranched alkanes of at least 4 members (excludes halogenated alkanes) is 2. The van der Waals surface area contributed by atoms with E-state index in [1.807, 2.05) is 25.1 Å². The number of carbonyl (C=O) groups is 1. The van der Waals surface area contributed by atoms with Crippen LogP contribution in [0.5, 0.6) is 0 Å². The van der Waals surface area contributed by atoms with Crippen molar-refractivity contribution < 1.29 is 4.79 Å². The smallest absolute Gasteiger partial charge is 0.251 e. The molecule has 1 aromatic rings. The second-order valence-corrected chi connectivity index (χ2v) is 4.50. The van der Waals surface area contributed by atoms with E-state index in [1.54, 1.807) is 0 Å². The minimum absolute atomic E-state index is 0.0231. The van der Waals surface area contributed by atoms with E-state index in [9.17, 15) is 4.79 Å². The zero-order valence-corrected chi connectivity index (χ0v) is 11.8. The summed E-state index contributed by atoms with van der Waals surface area (Å²) < 4.78 is 0. The third kappa shape index (κ3) is 5.15. The summed E-state index contributed by atoms with van der Waals surface area (Å²) in [4.78, 5) is 12.1. The summed E-state index contributed by atoms with van der Waals surface area (Å²) in [7, 11) is 0. The first-order valence-corrected chi connectivity index (χ1v) is 6.76. The molecule has 0 aliphatic rings. The van der Waals surface area contributed by atoms with Crippen LogP contribution < -0.4 is 11.1 Å². The molecule has 0 saturated heterocycles. The van der Waals surface area contributed by atoms with Crippen molar-refractivity contribution in [2.45, 2.75) is 33.1 Å². The van der Waals surface area contributed by atoms with E-state index in [1.165, 1.54) is 0 Å². The molecule has 19 heavy (non-hydrogen) atoms. The van der Waals surface area contributed by atoms with Crippen LogP contribution in [0.25, 0.3) is 0 Å². The molecule has 0 aromatic heterocycles. The van der Waals surface area contributed by atoms with E-state index in [0.717, 1.165) is 36.9 Å². The first-order chi connectivity index (χ1) is 9.19. The van der Waals surface area contributed by atoms with Crippen molar-refractivity contribution in [2.24, 2.45) is 5.73 Å². The molecule has 0 aliphatic carbocycles. The van der Waals surface area contributed by atoms with Gasteiger partial charge in [-0.3, -0.25) is 4.79 Å². The summed E-state index contributed by atoms with van der Waals surface area (Å²) in [6, 6.07) is 5.65. The van der Waals surface area contributed by atoms with Gasteiger partial charge in [0.05, 0.1) is 6.54 Å². The average Bonchev–Trinajstić information content (AvgIpc) is 2.42. The standard InChI is InChI=1S/C16H22N2O/c1-3-4-5-11-18-16(19)15-12-14(7-6-10-17)9-8-13(15)2/h8-9,12H,3-5,10-11,17H2,1-2H3,(H,18,19). The highest BCUT2D eigenvalue weighted by atomic mass is 16.1. The molecular formula is C16H22N2O. The van der Waals surface area contributed by atoms with Gasteiger partial charge in [0.25, 0.3) is 5.91 Å². The zero-order valence-electron chi connectivity index (χ0n) is 11.8. The molecule has 1 aromatic carbocycles. The van der Waals surface area contributed by atoms with E-state index >= 15 is 0 Å². The van der Waals surface area contributed by atoms with Gasteiger partial charge in [-0.2, -0.15) is 0 Å². The summed E-state index contributed by atoms with van der Waals surface area (Å²) in [5.41, 5.74) is 7.83. The van der Waals surface area contributed by atoms with Crippen molar-refractivity contribution in [1.29, 1.82) is 0 Å². The highest BCUT2D eigenvalue weighted by Crippen LogP contribution is 2.10. The molecule has 3 heteroatoms. The van der Waals surface area contributed by atoms with Gasteiger partial charge in [-0.05, 0) is 31.0 Å². The maximum Gasteiger partial charge on any atom is 0.251 e. The molecule has 0 spiro atoms. The zero-order chi connectivity index (χ0) is 14.1. The van der Waals surface area contributed by atoms with E-state index in [0.29, 0.717) is 12.1 Å². The normalized spacial score (nSPS) is 9.63. The van der Waals surface area contributed by atoms with Crippen LogP contribution in [-0.4, -0.2) is 19.0 Å². The lowest BCUT2D eigenvalue weighted by Crippen LogP contribution is -2.25. The van der Waals surface area contributed by atoms with Gasteiger partial charge in [-0.1, -0.05) is 37.7 Å². The molecule has 0 bridgehead atoms. The quantitative estimate of drug-likeness (QED) is 0.628. The first-order valence-electron chi connectivity index (χ1n) is 6.76. The monoisotopic (exact) mass is 258 g/mol. The largest absolute Gasteiger partial charge is 0.352 e. The number of hydrogen-bond acceptors (Lipinski definition) is 2. The molecule has 0 aliphatic heterocycles. The molecule has 3 nitrogen and oxygen atoms in total. The molecule has 0 heterocycles. The summed E-state index contributed by atoms with van der Waals surface area (Å²) in [5, 5.41) is 2.95. The van der Waals surface area contributed by atoms with Gasteiger partial charge < -0.3 is 11.1 Å². The van der Waals surface area contributed by atoms with Crippen molar-refractivity contribution in [3.05, 3.63) is 34.9 Å². The Morgan fingerprint density at radius 2 is 2.16 bits per heavy atom. The Hall–Kier alpha value is -1.79. The molecular weight excluding hydrogens is 236 g/mol. The number of nitrogens with two attached hydrogens (primary N) is 1. The Kier molecular flexibility index (Phi) is 6.70. The Balaban J connectivity index is 2.72. The minimum atomic E-state index is -0.0231. The van der Waals surface area contributed by atoms with Crippen LogP contribution >= 0.6 is 0 Å². The molecule has 1 rings (SSSR count). The number of nitrogens with one attached hydrogen (secondary N) is 1. The number of rotatable bonds is 5. The van der Waals surface area contributed by atoms with Crippen LogP contribution in [0.15, 0.2) is 18.2 Å². The third-order valence-electron chi connectivity index (χ3n) is 2.88. The number of carbonyl (C=O) groups excluding carboxylic acids is 1. The summed E-state index contributed by atoms with van der Waals surface area (Å²) in [6.45, 7) is 5.13. The fraction of sp³-hybridized carbons (Fsp3) is 0.438. The molecule has 0 radical (unpaired) electrons. The van der Waals surface area contributed by atoms with Crippen molar-refractivity contribution in [3.63, 3.8) is 0 Å². The highest BCUT2D eigenvalue weighted by Gasteiger charge is 2.08. The Bertz CT molecular complexity index is 483. The Labute approximate surface area is 115 Å². The topological polar surface area (TPSA) is 55.1 Å². The highest BCUT2D eigenvalue weighted by molar-refractivity contribution is 5.96. The van der Waals surface area contributed by atoms with Crippen molar-refractivity contribution in [2.75, 3.05) is 13.1 Å². The Morgan fingerprint density at radius 3 is 2.84 bits per heavy atom. The molecule has 3 N–H and O–H groups in total. The van der Waals surface area contributed by atoms with E-state index < -0.39 is 0 Å². The van der Waals surface area contributed by atoms with Gasteiger partial charge in [0.1, 0.15) is 0 Å². The molecule has 0 unspecified atom stereocenters. The summed E-state index contributed by atoms with van der Waals surface area (Å²) >= 11 is 0. The fourth-order valence-electron chi connectivity index (χ4n) is 1.77. The van der Waals surface area contributed by atoms with Gasteiger partial charge in [0.2, 0.25) is 0 Å². The fourth-order valence-corrected chi connectivity index (χ4v) is 1.77. The molecule has 0 fully saturated rings. The first kappa shape index (κ1) is 15.3. The second kappa shape index (κ2) is 8.34. The lowest BCUT2D eigenvalue weighted by molar-refractivity contribution is 0.0952. The number of benzene rings is 1. The second-order valence-electron chi connectivity index (χ2n) is 4.50. The maximum atomic E-state index is 12.1. The molecule has 0 atom stereocenters. The number of aryl methyl sites for hydroxylation is 1. The van der Waals surface area contributed by atoms with E-state index in [4.69, 9.17) is 5.73 Å². The van der Waals surface area contributed by atoms with Crippen molar-refractivity contribution >= 4 is 5.91 Å². The van der Waals surface area contributed by atoms with Crippen molar-refractivity contribution in [1.82, 2.24) is 5.32 Å². The van der Waals surface area contributed by atoms with Gasteiger partial charge in [-0.25, -0.2) is 0 Å². The predicted molar refractivity (Wildman–Crippen MR) is 79.0 cm³/mol. The molecule has 0 saturated carbocycles. The maximum absolute atomic E-state index is 12.1. The predicted octanol–water partition coefficient (Wildman–Crippen LogP) is 2.23. The summed E-state index contributed by atoms with van der Waals surface area (Å²) in [6.07, 6.45) is 3.31. The van der Waals surface area contributed by atoms with Crippen LogP contribution in [0.3, 0.4) is 0 Å². The number of amides is 1. The minimum Gasteiger partial charge on any atom is -0.352 e. The average molecular weight is 258 g/mol. The molecule has 102 valence electrons. The molecule has 1 amide bonds. The van der Waals surface area contributed by atoms with Crippen LogP contribution in [0.1, 0.15) is 47.7 Å². The lowest BCUT2D eigenvalue weighted by atomic mass is 10.0. The van der Waals surface area contributed by atoms with Crippen molar-refractivity contribution in [3.8, 4) is 11.8 Å². The van der Waals surface area contributed by atoms with Crippen LogP contribution in [-0.2, 0) is 0 Å². The van der Waals surface area contributed by atoms with Crippen LogP contribution in [0, 0.1) is 18.8 Å². The number of hydrogen-bond donors (Lipinski definition) is 2. The van der Waals surface area contributed by atoms with Crippen LogP contribution in [0.2, 0.25) is 0 Å². The Morgan fingerprint density at radius 1 is 1.37 bits per heavy atom. The SMILES string of the molecule is CCCCCNC(=O)c1cc(C#CCN)ccc1C. The van der Waals surface area contributed by atoms with Gasteiger partial charge in [-0.15, -0.1) is 0 Å². The van der Waals surface area contributed by atoms with E-state index in [2.05, 4.69) is 24.1 Å². The lowest BCUT2D eigenvalue weighted by Gasteiger charge is -2.08. The van der Waals surface area contributed by atoms with Crippen LogP contribution in [0.4, 0.5) is 0 Å². The van der Waals surface area contributed by atoms with Gasteiger partial charge in [0.15, 0.2) is 0 Å². The van der Waals surface area contributed by atoms with E-state index in [-0.39, 0.29) is 5.91 Å².